The van der Waals surface area contributed by atoms with Crippen molar-refractivity contribution in [3.8, 4) is 0 Å². The Labute approximate surface area is 103 Å². The Morgan fingerprint density at radius 2 is 2.06 bits per heavy atom. The van der Waals surface area contributed by atoms with Crippen LogP contribution in [0.25, 0.3) is 0 Å². The molecule has 5 nitrogen and oxygen atoms in total. The smallest absolute Gasteiger partial charge is 0.329 e. The maximum Gasteiger partial charge on any atom is 0.329 e. The number of halogens is 1. The molecule has 6 heteroatoms. The quantitative estimate of drug-likeness (QED) is 0.808. The van der Waals surface area contributed by atoms with E-state index in [-0.39, 0.29) is 16.8 Å². The minimum Gasteiger partial charge on any atom is -0.381 e. The first-order valence-electron chi connectivity index (χ1n) is 5.76. The number of rotatable bonds is 2. The monoisotopic (exact) mass is 258 g/mol. The van der Waals surface area contributed by atoms with E-state index in [4.69, 9.17) is 16.3 Å². The highest BCUT2D eigenvalue weighted by atomic mass is 35.5. The average Bonchev–Trinajstić information content (AvgIpc) is 2.30. The Morgan fingerprint density at radius 1 is 1.41 bits per heavy atom. The van der Waals surface area contributed by atoms with Crippen molar-refractivity contribution in [2.45, 2.75) is 32.2 Å². The van der Waals surface area contributed by atoms with Crippen LogP contribution >= 0.6 is 11.6 Å². The predicted octanol–water partition coefficient (Wildman–Crippen LogP) is 1.10. The fourth-order valence-electron chi connectivity index (χ4n) is 2.14. The van der Waals surface area contributed by atoms with Crippen LogP contribution in [-0.2, 0) is 11.2 Å². The van der Waals surface area contributed by atoms with Gasteiger partial charge in [0.1, 0.15) is 5.15 Å². The fourth-order valence-corrected chi connectivity index (χ4v) is 2.44. The Balaban J connectivity index is 2.53. The van der Waals surface area contributed by atoms with Crippen molar-refractivity contribution in [3.05, 3.63) is 31.6 Å². The summed E-state index contributed by atoms with van der Waals surface area (Å²) in [6, 6.07) is -0.0810. The van der Waals surface area contributed by atoms with Gasteiger partial charge in [0.25, 0.3) is 5.56 Å². The van der Waals surface area contributed by atoms with Gasteiger partial charge in [-0.2, -0.15) is 0 Å². The zero-order valence-electron chi connectivity index (χ0n) is 9.66. The summed E-state index contributed by atoms with van der Waals surface area (Å²) < 4.78 is 6.51. The van der Waals surface area contributed by atoms with Crippen molar-refractivity contribution in [1.29, 1.82) is 0 Å². The highest BCUT2D eigenvalue weighted by Gasteiger charge is 2.21. The molecule has 2 rings (SSSR count). The van der Waals surface area contributed by atoms with Crippen LogP contribution in [0.1, 0.15) is 31.4 Å². The van der Waals surface area contributed by atoms with Gasteiger partial charge in [-0.1, -0.05) is 18.5 Å². The molecule has 1 saturated heterocycles. The van der Waals surface area contributed by atoms with Crippen molar-refractivity contribution >= 4 is 11.6 Å². The second-order valence-corrected chi connectivity index (χ2v) is 4.47. The van der Waals surface area contributed by atoms with Crippen molar-refractivity contribution in [3.63, 3.8) is 0 Å². The second kappa shape index (κ2) is 5.06. The first-order chi connectivity index (χ1) is 8.15. The van der Waals surface area contributed by atoms with E-state index < -0.39 is 5.69 Å². The lowest BCUT2D eigenvalue weighted by Crippen LogP contribution is -2.41. The SMILES string of the molecule is CCc1c(Cl)[nH]c(=O)n(C2CCOCC2)c1=O. The van der Waals surface area contributed by atoms with Crippen molar-refractivity contribution in [2.24, 2.45) is 0 Å². The zero-order valence-corrected chi connectivity index (χ0v) is 10.4. The number of aromatic amines is 1. The molecule has 2 heterocycles. The van der Waals surface area contributed by atoms with E-state index in [1.165, 1.54) is 4.57 Å². The molecule has 0 atom stereocenters. The summed E-state index contributed by atoms with van der Waals surface area (Å²) in [5.74, 6) is 0. The summed E-state index contributed by atoms with van der Waals surface area (Å²) in [6.07, 6.45) is 1.89. The molecule has 0 amide bonds. The zero-order chi connectivity index (χ0) is 12.4. The normalized spacial score (nSPS) is 17.3. The van der Waals surface area contributed by atoms with E-state index in [1.807, 2.05) is 6.92 Å². The first kappa shape index (κ1) is 12.4. The van der Waals surface area contributed by atoms with E-state index >= 15 is 0 Å². The van der Waals surface area contributed by atoms with Crippen LogP contribution in [-0.4, -0.2) is 22.8 Å². The van der Waals surface area contributed by atoms with Crippen LogP contribution in [0.2, 0.25) is 5.15 Å². The van der Waals surface area contributed by atoms with Crippen LogP contribution < -0.4 is 11.2 Å². The molecule has 1 aliphatic heterocycles. The van der Waals surface area contributed by atoms with Gasteiger partial charge in [0, 0.05) is 19.3 Å². The summed E-state index contributed by atoms with van der Waals surface area (Å²) in [7, 11) is 0. The van der Waals surface area contributed by atoms with Crippen LogP contribution in [0, 0.1) is 0 Å². The Kier molecular flexibility index (Phi) is 3.69. The second-order valence-electron chi connectivity index (χ2n) is 4.09. The van der Waals surface area contributed by atoms with Gasteiger partial charge in [0.05, 0.1) is 5.56 Å². The molecule has 0 radical (unpaired) electrons. The maximum atomic E-state index is 12.2. The topological polar surface area (TPSA) is 64.1 Å². The van der Waals surface area contributed by atoms with Gasteiger partial charge in [-0.25, -0.2) is 4.79 Å². The van der Waals surface area contributed by atoms with Crippen LogP contribution in [0.4, 0.5) is 0 Å². The molecule has 1 N–H and O–H groups in total. The Bertz CT molecular complexity index is 514. The molecule has 0 bridgehead atoms. The minimum atomic E-state index is -0.427. The Morgan fingerprint density at radius 3 is 2.65 bits per heavy atom. The van der Waals surface area contributed by atoms with E-state index in [9.17, 15) is 9.59 Å². The number of aromatic nitrogens is 2. The molecule has 1 fully saturated rings. The maximum absolute atomic E-state index is 12.2. The standard InChI is InChI=1S/C11H15ClN2O3/c1-2-8-9(12)13-11(16)14(10(8)15)7-3-5-17-6-4-7/h7H,2-6H2,1H3,(H,13,16). The summed E-state index contributed by atoms with van der Waals surface area (Å²) in [5, 5.41) is 0.158. The van der Waals surface area contributed by atoms with Gasteiger partial charge in [-0.3, -0.25) is 14.3 Å². The molecule has 1 aromatic rings. The number of H-pyrrole nitrogens is 1. The number of hydrogen-bond donors (Lipinski definition) is 1. The number of ether oxygens (including phenoxy) is 1. The molecule has 1 aromatic heterocycles. The van der Waals surface area contributed by atoms with Crippen LogP contribution in [0.5, 0.6) is 0 Å². The van der Waals surface area contributed by atoms with Crippen molar-refractivity contribution in [1.82, 2.24) is 9.55 Å². The minimum absolute atomic E-state index is 0.0810. The van der Waals surface area contributed by atoms with Gasteiger partial charge in [0.2, 0.25) is 0 Å². The highest BCUT2D eigenvalue weighted by Crippen LogP contribution is 2.18. The predicted molar refractivity (Wildman–Crippen MR) is 64.8 cm³/mol. The molecular formula is C11H15ClN2O3. The fraction of sp³-hybridized carbons (Fsp3) is 0.636. The highest BCUT2D eigenvalue weighted by molar-refractivity contribution is 6.30. The third-order valence-corrected chi connectivity index (χ3v) is 3.41. The van der Waals surface area contributed by atoms with Crippen LogP contribution in [0.3, 0.4) is 0 Å². The lowest BCUT2D eigenvalue weighted by molar-refractivity contribution is 0.0673. The van der Waals surface area contributed by atoms with Crippen LogP contribution in [0.15, 0.2) is 9.59 Å². The van der Waals surface area contributed by atoms with Gasteiger partial charge < -0.3 is 4.74 Å². The van der Waals surface area contributed by atoms with Gasteiger partial charge >= 0.3 is 5.69 Å². The molecule has 17 heavy (non-hydrogen) atoms. The van der Waals surface area contributed by atoms with Gasteiger partial charge in [-0.15, -0.1) is 0 Å². The summed E-state index contributed by atoms with van der Waals surface area (Å²) in [4.78, 5) is 26.5. The molecule has 0 saturated carbocycles. The molecule has 0 spiro atoms. The lowest BCUT2D eigenvalue weighted by Gasteiger charge is -2.23. The summed E-state index contributed by atoms with van der Waals surface area (Å²) in [6.45, 7) is 3.01. The third-order valence-electron chi connectivity index (χ3n) is 3.09. The van der Waals surface area contributed by atoms with Crippen molar-refractivity contribution < 1.29 is 4.74 Å². The molecular weight excluding hydrogens is 244 g/mol. The summed E-state index contributed by atoms with van der Waals surface area (Å²) >= 11 is 5.85. The summed E-state index contributed by atoms with van der Waals surface area (Å²) in [5.41, 5.74) is -0.227. The van der Waals surface area contributed by atoms with Gasteiger partial charge in [0.15, 0.2) is 0 Å². The molecule has 1 aliphatic rings. The van der Waals surface area contributed by atoms with Gasteiger partial charge in [-0.05, 0) is 19.3 Å². The largest absolute Gasteiger partial charge is 0.381 e. The third kappa shape index (κ3) is 2.30. The van der Waals surface area contributed by atoms with E-state index in [1.54, 1.807) is 0 Å². The lowest BCUT2D eigenvalue weighted by atomic mass is 10.1. The molecule has 0 aromatic carbocycles. The molecule has 0 aliphatic carbocycles. The van der Waals surface area contributed by atoms with E-state index in [0.717, 1.165) is 0 Å². The molecule has 94 valence electrons. The van der Waals surface area contributed by atoms with Crippen molar-refractivity contribution in [2.75, 3.05) is 13.2 Å². The number of nitrogens with one attached hydrogen (secondary N) is 1. The Hall–Kier alpha value is -1.07. The first-order valence-corrected chi connectivity index (χ1v) is 6.14. The van der Waals surface area contributed by atoms with E-state index in [0.29, 0.717) is 38.0 Å². The number of nitrogens with zero attached hydrogens (tertiary/aromatic N) is 1. The average molecular weight is 259 g/mol. The van der Waals surface area contributed by atoms with E-state index in [2.05, 4.69) is 4.98 Å². The molecule has 0 unspecified atom stereocenters. The number of hydrogen-bond acceptors (Lipinski definition) is 3.